The number of methoxy groups -OCH3 is 1. The lowest BCUT2D eigenvalue weighted by Gasteiger charge is -1.98. The number of aromatic nitrogens is 3. The molecule has 0 unspecified atom stereocenters. The third-order valence-corrected chi connectivity index (χ3v) is 2.33. The van der Waals surface area contributed by atoms with E-state index in [1.54, 1.807) is 18.1 Å². The van der Waals surface area contributed by atoms with Gasteiger partial charge in [-0.25, -0.2) is 9.67 Å². The van der Waals surface area contributed by atoms with Gasteiger partial charge in [-0.05, 0) is 17.7 Å². The maximum absolute atomic E-state index is 5.90. The van der Waals surface area contributed by atoms with E-state index >= 15 is 0 Å². The Morgan fingerprint density at radius 1 is 1.44 bits per heavy atom. The molecule has 0 N–H and O–H groups in total. The Morgan fingerprint density at radius 2 is 2.31 bits per heavy atom. The second kappa shape index (κ2) is 5.09. The minimum Gasteiger partial charge on any atom is -0.362 e. The summed E-state index contributed by atoms with van der Waals surface area (Å²) in [7, 11) is 1.62. The summed E-state index contributed by atoms with van der Waals surface area (Å²) >= 11 is 5.90. The van der Waals surface area contributed by atoms with Crippen LogP contribution in [-0.2, 0) is 17.9 Å². The molecule has 0 aliphatic carbocycles. The predicted molar refractivity (Wildman–Crippen MR) is 61.3 cm³/mol. The van der Waals surface area contributed by atoms with Gasteiger partial charge in [-0.3, -0.25) is 0 Å². The maximum Gasteiger partial charge on any atom is 0.155 e. The lowest BCUT2D eigenvalue weighted by Crippen LogP contribution is -2.01. The van der Waals surface area contributed by atoms with E-state index in [-0.39, 0.29) is 0 Å². The molecule has 16 heavy (non-hydrogen) atoms. The summed E-state index contributed by atoms with van der Waals surface area (Å²) in [6.07, 6.45) is 2.33. The van der Waals surface area contributed by atoms with Gasteiger partial charge < -0.3 is 4.74 Å². The van der Waals surface area contributed by atoms with Crippen molar-refractivity contribution in [2.24, 2.45) is 0 Å². The van der Waals surface area contributed by atoms with Gasteiger partial charge in [-0.15, -0.1) is 0 Å². The van der Waals surface area contributed by atoms with E-state index in [2.05, 4.69) is 10.1 Å². The topological polar surface area (TPSA) is 39.9 Å². The summed E-state index contributed by atoms with van der Waals surface area (Å²) in [5.41, 5.74) is 1.10. The predicted octanol–water partition coefficient (Wildman–Crippen LogP) is 2.13. The second-order valence-electron chi connectivity index (χ2n) is 3.42. The fourth-order valence-corrected chi connectivity index (χ4v) is 1.65. The van der Waals surface area contributed by atoms with Gasteiger partial charge in [0.25, 0.3) is 0 Å². The van der Waals surface area contributed by atoms with Crippen LogP contribution >= 0.6 is 11.6 Å². The molecule has 0 aliphatic heterocycles. The van der Waals surface area contributed by atoms with Crippen molar-refractivity contribution in [1.29, 1.82) is 0 Å². The number of hydrogen-bond donors (Lipinski definition) is 0. The van der Waals surface area contributed by atoms with Crippen LogP contribution in [0.15, 0.2) is 30.6 Å². The monoisotopic (exact) mass is 237 g/mol. The first kappa shape index (κ1) is 11.1. The summed E-state index contributed by atoms with van der Waals surface area (Å²) in [6.45, 7) is 0.419. The highest BCUT2D eigenvalue weighted by molar-refractivity contribution is 6.30. The molecule has 2 aromatic rings. The van der Waals surface area contributed by atoms with Gasteiger partial charge in [-0.2, -0.15) is 5.10 Å². The molecule has 0 bridgehead atoms. The standard InChI is InChI=1S/C11H12ClN3O/c1-16-8-15-7-13-11(14-15)6-9-3-2-4-10(12)5-9/h2-5,7H,6,8H2,1H3. The molecule has 1 aromatic carbocycles. The molecule has 0 saturated carbocycles. The van der Waals surface area contributed by atoms with Crippen LogP contribution in [0.25, 0.3) is 0 Å². The summed E-state index contributed by atoms with van der Waals surface area (Å²) in [4.78, 5) is 4.19. The van der Waals surface area contributed by atoms with Crippen molar-refractivity contribution in [3.8, 4) is 0 Å². The van der Waals surface area contributed by atoms with Gasteiger partial charge in [0.2, 0.25) is 0 Å². The molecule has 0 fully saturated rings. The van der Waals surface area contributed by atoms with Crippen LogP contribution in [0.3, 0.4) is 0 Å². The molecule has 84 valence electrons. The van der Waals surface area contributed by atoms with Crippen molar-refractivity contribution in [3.63, 3.8) is 0 Å². The Morgan fingerprint density at radius 3 is 3.06 bits per heavy atom. The summed E-state index contributed by atoms with van der Waals surface area (Å²) in [5.74, 6) is 0.763. The second-order valence-corrected chi connectivity index (χ2v) is 3.86. The van der Waals surface area contributed by atoms with E-state index in [9.17, 15) is 0 Å². The third kappa shape index (κ3) is 2.81. The van der Waals surface area contributed by atoms with Gasteiger partial charge in [-0.1, -0.05) is 23.7 Å². The number of ether oxygens (including phenoxy) is 1. The first-order valence-electron chi connectivity index (χ1n) is 4.89. The van der Waals surface area contributed by atoms with E-state index in [0.29, 0.717) is 13.2 Å². The fraction of sp³-hybridized carbons (Fsp3) is 0.273. The van der Waals surface area contributed by atoms with Crippen molar-refractivity contribution in [2.75, 3.05) is 7.11 Å². The SMILES string of the molecule is COCn1cnc(Cc2cccc(Cl)c2)n1. The molecule has 0 radical (unpaired) electrons. The van der Waals surface area contributed by atoms with E-state index in [4.69, 9.17) is 16.3 Å². The Bertz CT molecular complexity index is 470. The Kier molecular flexibility index (Phi) is 3.54. The molecule has 1 heterocycles. The third-order valence-electron chi connectivity index (χ3n) is 2.10. The number of benzene rings is 1. The first-order chi connectivity index (χ1) is 7.78. The number of halogens is 1. The Hall–Kier alpha value is -1.39. The van der Waals surface area contributed by atoms with Crippen LogP contribution < -0.4 is 0 Å². The number of hydrogen-bond acceptors (Lipinski definition) is 3. The lowest BCUT2D eigenvalue weighted by atomic mass is 10.1. The normalized spacial score (nSPS) is 10.6. The summed E-state index contributed by atoms with van der Waals surface area (Å²) < 4.78 is 6.60. The van der Waals surface area contributed by atoms with Gasteiger partial charge >= 0.3 is 0 Å². The largest absolute Gasteiger partial charge is 0.362 e. The van der Waals surface area contributed by atoms with Crippen LogP contribution in [0.2, 0.25) is 5.02 Å². The van der Waals surface area contributed by atoms with Crippen LogP contribution in [0.4, 0.5) is 0 Å². The quantitative estimate of drug-likeness (QED) is 0.818. The van der Waals surface area contributed by atoms with Crippen molar-refractivity contribution >= 4 is 11.6 Å². The van der Waals surface area contributed by atoms with Crippen LogP contribution in [-0.4, -0.2) is 21.9 Å². The molecule has 0 spiro atoms. The molecule has 1 aromatic heterocycles. The first-order valence-corrected chi connectivity index (χ1v) is 5.27. The molecular formula is C11H12ClN3O. The number of rotatable bonds is 4. The Labute approximate surface area is 98.8 Å². The highest BCUT2D eigenvalue weighted by Gasteiger charge is 2.02. The molecule has 0 atom stereocenters. The van der Waals surface area contributed by atoms with E-state index in [0.717, 1.165) is 16.4 Å². The molecule has 2 rings (SSSR count). The van der Waals surface area contributed by atoms with Crippen molar-refractivity contribution in [1.82, 2.24) is 14.8 Å². The highest BCUT2D eigenvalue weighted by atomic mass is 35.5. The van der Waals surface area contributed by atoms with Crippen LogP contribution in [0.1, 0.15) is 11.4 Å². The summed E-state index contributed by atoms with van der Waals surface area (Å²) in [5, 5.41) is 4.99. The molecule has 5 heteroatoms. The number of nitrogens with zero attached hydrogens (tertiary/aromatic N) is 3. The van der Waals surface area contributed by atoms with Crippen LogP contribution in [0, 0.1) is 0 Å². The average Bonchev–Trinajstić information content (AvgIpc) is 2.66. The van der Waals surface area contributed by atoms with Crippen molar-refractivity contribution in [2.45, 2.75) is 13.2 Å². The zero-order valence-electron chi connectivity index (χ0n) is 8.93. The minimum absolute atomic E-state index is 0.419. The highest BCUT2D eigenvalue weighted by Crippen LogP contribution is 2.12. The van der Waals surface area contributed by atoms with Gasteiger partial charge in [0.05, 0.1) is 0 Å². The van der Waals surface area contributed by atoms with Gasteiger partial charge in [0, 0.05) is 18.6 Å². The molecule has 4 nitrogen and oxygen atoms in total. The van der Waals surface area contributed by atoms with Crippen LogP contribution in [0.5, 0.6) is 0 Å². The van der Waals surface area contributed by atoms with Crippen molar-refractivity contribution < 1.29 is 4.74 Å². The molecule has 0 aliphatic rings. The fourth-order valence-electron chi connectivity index (χ4n) is 1.44. The summed E-state index contributed by atoms with van der Waals surface area (Å²) in [6, 6.07) is 7.69. The minimum atomic E-state index is 0.419. The Balaban J connectivity index is 2.08. The molecule has 0 amide bonds. The van der Waals surface area contributed by atoms with E-state index in [1.807, 2.05) is 24.3 Å². The lowest BCUT2D eigenvalue weighted by molar-refractivity contribution is 0.120. The molecule has 0 saturated heterocycles. The van der Waals surface area contributed by atoms with Gasteiger partial charge in [0.15, 0.2) is 5.82 Å². The maximum atomic E-state index is 5.90. The van der Waals surface area contributed by atoms with E-state index in [1.165, 1.54) is 0 Å². The van der Waals surface area contributed by atoms with Gasteiger partial charge in [0.1, 0.15) is 13.1 Å². The zero-order valence-corrected chi connectivity index (χ0v) is 9.68. The van der Waals surface area contributed by atoms with Crippen molar-refractivity contribution in [3.05, 3.63) is 47.0 Å². The molecular weight excluding hydrogens is 226 g/mol. The smallest absolute Gasteiger partial charge is 0.155 e. The van der Waals surface area contributed by atoms with E-state index < -0.39 is 0 Å². The zero-order chi connectivity index (χ0) is 11.4. The average molecular weight is 238 g/mol.